The molecule has 22 aromatic carbocycles. The number of nitrogens with zero attached hydrogens (tertiary/aromatic N) is 9. The molecule has 0 N–H and O–H groups in total. The quantitative estimate of drug-likeness (QED) is 0.114. The topological polar surface area (TPSA) is 92.1 Å². The van der Waals surface area contributed by atoms with Gasteiger partial charge in [-0.2, -0.15) is 0 Å². The van der Waals surface area contributed by atoms with Crippen molar-refractivity contribution in [3.63, 3.8) is 0 Å². The monoisotopic (exact) mass is 1910 g/mol. The molecule has 3 aliphatic rings. The zero-order valence-corrected chi connectivity index (χ0v) is 81.6. The van der Waals surface area contributed by atoms with Crippen LogP contribution in [0.25, 0.3) is 194 Å². The summed E-state index contributed by atoms with van der Waals surface area (Å²) in [4.78, 5) is 30.7. The fourth-order valence-electron chi connectivity index (χ4n) is 25.1. The number of benzene rings is 22. The van der Waals surface area contributed by atoms with E-state index in [0.29, 0.717) is 5.82 Å². The molecular weight excluding hydrogens is 1820 g/mol. The molecule has 9 heterocycles. The maximum atomic E-state index is 5.27. The van der Waals surface area contributed by atoms with Crippen LogP contribution in [0, 0.1) is 0 Å². The first-order chi connectivity index (χ1) is 74.4. The van der Waals surface area contributed by atoms with E-state index in [-0.39, 0.29) is 0 Å². The van der Waals surface area contributed by atoms with E-state index < -0.39 is 16.2 Å². The van der Waals surface area contributed by atoms with E-state index in [1.807, 2.05) is 36.4 Å². The molecule has 3 aliphatic heterocycles. The molecule has 3 unspecified atom stereocenters. The number of hydrogen-bond acceptors (Lipinski definition) is 6. The van der Waals surface area contributed by atoms with Crippen molar-refractivity contribution in [2.75, 3.05) is 0 Å². The van der Waals surface area contributed by atoms with E-state index in [1.165, 1.54) is 160 Å². The summed E-state index contributed by atoms with van der Waals surface area (Å²) in [5, 5.41) is 10.7. The fourth-order valence-corrected chi connectivity index (χ4v) is 25.1. The van der Waals surface area contributed by atoms with Gasteiger partial charge in [-0.1, -0.05) is 497 Å². The van der Waals surface area contributed by atoms with E-state index in [1.54, 1.807) is 0 Å². The van der Waals surface area contributed by atoms with Crippen LogP contribution >= 0.6 is 0 Å². The minimum Gasteiger partial charge on any atom is -0.309 e. The van der Waals surface area contributed by atoms with Crippen molar-refractivity contribution >= 4 is 98.1 Å². The number of hydrogen-bond donors (Lipinski definition) is 0. The Labute approximate surface area is 866 Å². The molecule has 0 saturated heterocycles. The summed E-state index contributed by atoms with van der Waals surface area (Å²) in [6, 6.07) is 198. The van der Waals surface area contributed by atoms with Gasteiger partial charge in [-0.05, 0) is 132 Å². The van der Waals surface area contributed by atoms with Crippen molar-refractivity contribution < 1.29 is 0 Å². The van der Waals surface area contributed by atoms with E-state index in [4.69, 9.17) is 29.9 Å². The zero-order chi connectivity index (χ0) is 99.0. The van der Waals surface area contributed by atoms with Crippen LogP contribution in [0.5, 0.6) is 0 Å². The van der Waals surface area contributed by atoms with Gasteiger partial charge in [0, 0.05) is 81.9 Å². The second-order valence-corrected chi connectivity index (χ2v) is 39.2. The van der Waals surface area contributed by atoms with Crippen LogP contribution in [0.4, 0.5) is 0 Å². The average Bonchev–Trinajstić information content (AvgIpc) is 1.46. The van der Waals surface area contributed by atoms with E-state index >= 15 is 0 Å². The minimum atomic E-state index is -0.559. The number of fused-ring (bicyclic) bond motifs is 18. The average molecular weight is 1910 g/mol. The van der Waals surface area contributed by atoms with Crippen LogP contribution in [0.1, 0.15) is 66.8 Å². The number of rotatable bonds is 13. The van der Waals surface area contributed by atoms with Crippen molar-refractivity contribution in [3.05, 3.63) is 619 Å². The highest BCUT2D eigenvalue weighted by molar-refractivity contribution is 6.15. The normalized spacial score (nSPS) is 15.0. The minimum absolute atomic E-state index is 0.538. The molecule has 0 radical (unpaired) electrons. The summed E-state index contributed by atoms with van der Waals surface area (Å²) in [5.41, 5.74) is 38.6. The zero-order valence-electron chi connectivity index (χ0n) is 81.6. The SMILES string of the molecule is c1ccc(-c2ccc(-c3nc(-c4ccc(C5(c6ccccc6)c6ccccc6-n6c7ccccc7c7cccc5c76)cc4)nc4ccccc34)cc2)cc1.c1ccc(-c2nc(-c3ccc(C4(c5ccccc5)c5ccccc5-n5c6ccccc6c6cccc4c65)cc3)c3ccccc3n2)cc1.c1ccc(-c2nc(-c3ccc(C4(c5ccccc5)c5ccccc5-n5c6ccccc6c6cccc4c65)cc3)nc3ccccc23)cc1. The predicted molar refractivity (Wildman–Crippen MR) is 615 cm³/mol. The summed E-state index contributed by atoms with van der Waals surface area (Å²) < 4.78 is 7.42. The second-order valence-electron chi connectivity index (χ2n) is 39.2. The van der Waals surface area contributed by atoms with Crippen molar-refractivity contribution in [1.82, 2.24) is 43.6 Å². The molecule has 9 nitrogen and oxygen atoms in total. The Kier molecular flexibility index (Phi) is 20.5. The largest absolute Gasteiger partial charge is 0.309 e. The van der Waals surface area contributed by atoms with Gasteiger partial charge in [0.1, 0.15) is 0 Å². The van der Waals surface area contributed by atoms with Gasteiger partial charge in [0.25, 0.3) is 0 Å². The van der Waals surface area contributed by atoms with Crippen LogP contribution in [0.2, 0.25) is 0 Å². The van der Waals surface area contributed by atoms with Crippen molar-refractivity contribution in [1.29, 1.82) is 0 Å². The summed E-state index contributed by atoms with van der Waals surface area (Å²) >= 11 is 0. The van der Waals surface area contributed by atoms with E-state index in [9.17, 15) is 0 Å². The summed E-state index contributed by atoms with van der Waals surface area (Å²) in [7, 11) is 0. The Balaban J connectivity index is 0.000000106. The number of para-hydroxylation sites is 12. The van der Waals surface area contributed by atoms with Gasteiger partial charge in [-0.3, -0.25) is 0 Å². The van der Waals surface area contributed by atoms with E-state index in [0.717, 1.165) is 94.8 Å². The van der Waals surface area contributed by atoms with Gasteiger partial charge in [-0.25, -0.2) is 29.9 Å². The van der Waals surface area contributed by atoms with Gasteiger partial charge in [0.15, 0.2) is 17.5 Å². The van der Waals surface area contributed by atoms with Crippen LogP contribution in [0.3, 0.4) is 0 Å². The molecule has 3 atom stereocenters. The molecule has 0 fully saturated rings. The molecule has 31 rings (SSSR count). The molecular formula is C141H91N9. The highest BCUT2D eigenvalue weighted by Gasteiger charge is 2.49. The predicted octanol–water partition coefficient (Wildman–Crippen LogP) is 33.9. The lowest BCUT2D eigenvalue weighted by Crippen LogP contribution is -2.35. The maximum Gasteiger partial charge on any atom is 0.160 e. The lowest BCUT2D eigenvalue weighted by molar-refractivity contribution is 0.728. The Morgan fingerprint density at radius 3 is 0.667 bits per heavy atom. The molecule has 0 saturated carbocycles. The molecule has 0 bridgehead atoms. The lowest BCUT2D eigenvalue weighted by atomic mass is 9.63. The third kappa shape index (κ3) is 13.4. The first-order valence-electron chi connectivity index (χ1n) is 51.4. The second kappa shape index (κ2) is 35.4. The summed E-state index contributed by atoms with van der Waals surface area (Å²) in [6.07, 6.45) is 0. The standard InChI is InChI=1S/C51H33N3.2C45H29N3/c1-3-14-34(15-4-1)35-26-28-36(29-27-35)48-42-19-7-10-23-45(42)52-50(53-48)37-30-32-39(33-31-37)51(38-16-5-2-6-17-38)43-21-9-12-25-47(43)54-46-24-11-8-18-40(46)41-20-13-22-44(51)49(41)54;1-3-14-31(15-4-1)44-46-39-23-10-7-19-36(39)42(47-44)30-26-28-33(29-27-30)45(32-16-5-2-6-17-32)37-21-9-12-25-41(37)48-40-24-11-8-18-34(40)35-20-13-22-38(45)43(35)48;1-3-14-30(15-4-1)42-36-19-7-10-23-39(36)46-44(47-42)31-26-28-33(29-27-31)45(32-16-5-2-6-17-32)37-21-9-12-25-41(37)48-40-24-11-8-18-34(40)35-20-13-22-38(45)43(35)48/h1-33H;2*1-29H. The van der Waals surface area contributed by atoms with E-state index in [2.05, 4.69) is 529 Å². The molecule has 700 valence electrons. The summed E-state index contributed by atoms with van der Waals surface area (Å²) in [6.45, 7) is 0. The van der Waals surface area contributed by atoms with Crippen LogP contribution in [0.15, 0.2) is 552 Å². The maximum absolute atomic E-state index is 5.27. The Morgan fingerprint density at radius 1 is 0.133 bits per heavy atom. The van der Waals surface area contributed by atoms with Crippen molar-refractivity contribution in [2.45, 2.75) is 16.2 Å². The van der Waals surface area contributed by atoms with Crippen molar-refractivity contribution in [2.24, 2.45) is 0 Å². The van der Waals surface area contributed by atoms with Gasteiger partial charge < -0.3 is 13.7 Å². The Hall–Kier alpha value is -19.7. The van der Waals surface area contributed by atoms with Crippen LogP contribution < -0.4 is 0 Å². The van der Waals surface area contributed by atoms with Gasteiger partial charge in [-0.15, -0.1) is 0 Å². The smallest absolute Gasteiger partial charge is 0.160 e. The van der Waals surface area contributed by atoms with Gasteiger partial charge in [0.05, 0.1) is 100 Å². The third-order valence-corrected chi connectivity index (χ3v) is 31.5. The molecule has 0 amide bonds. The first-order valence-corrected chi connectivity index (χ1v) is 51.4. The van der Waals surface area contributed by atoms with Gasteiger partial charge in [0.2, 0.25) is 0 Å². The molecule has 0 spiro atoms. The fraction of sp³-hybridized carbons (Fsp3) is 0.0213. The molecule has 0 aliphatic carbocycles. The lowest BCUT2D eigenvalue weighted by Gasteiger charge is -2.41. The Bertz CT molecular complexity index is 10200. The molecule has 9 heteroatoms. The first kappa shape index (κ1) is 86.9. The van der Waals surface area contributed by atoms with Crippen molar-refractivity contribution in [3.8, 4) is 96.1 Å². The molecule has 150 heavy (non-hydrogen) atoms. The molecule has 28 aromatic rings. The summed E-state index contributed by atoms with van der Waals surface area (Å²) in [5.74, 6) is 2.16. The highest BCUT2D eigenvalue weighted by Crippen LogP contribution is 2.59. The number of aromatic nitrogens is 9. The van der Waals surface area contributed by atoms with Crippen LogP contribution in [-0.2, 0) is 16.2 Å². The Morgan fingerprint density at radius 2 is 0.340 bits per heavy atom. The third-order valence-electron chi connectivity index (χ3n) is 31.5. The molecule has 6 aromatic heterocycles. The highest BCUT2D eigenvalue weighted by atomic mass is 15.0. The van der Waals surface area contributed by atoms with Gasteiger partial charge >= 0.3 is 0 Å². The van der Waals surface area contributed by atoms with Crippen LogP contribution in [-0.4, -0.2) is 43.6 Å².